The smallest absolute Gasteiger partial charge is 0.136 e. The molecule has 0 bridgehead atoms. The minimum absolute atomic E-state index is 0.754. The van der Waals surface area contributed by atoms with Crippen molar-refractivity contribution in [1.82, 2.24) is 10.3 Å². The second-order valence-corrected chi connectivity index (χ2v) is 3.19. The summed E-state index contributed by atoms with van der Waals surface area (Å²) in [5.41, 5.74) is 0.970. The van der Waals surface area contributed by atoms with E-state index in [1.807, 2.05) is 13.1 Å². The highest BCUT2D eigenvalue weighted by Gasteiger charge is 2.01. The first-order valence-electron chi connectivity index (χ1n) is 3.61. The van der Waals surface area contributed by atoms with Crippen molar-refractivity contribution in [1.29, 1.82) is 0 Å². The summed E-state index contributed by atoms with van der Waals surface area (Å²) >= 11 is 3.33. The fourth-order valence-corrected chi connectivity index (χ4v) is 1.27. The lowest BCUT2D eigenvalue weighted by Crippen LogP contribution is -2.06. The summed E-state index contributed by atoms with van der Waals surface area (Å²) in [5, 5.41) is 3.02. The first kappa shape index (κ1) is 9.48. The summed E-state index contributed by atoms with van der Waals surface area (Å²) in [6, 6.07) is 1.90. The van der Waals surface area contributed by atoms with Crippen LogP contribution in [0.4, 0.5) is 0 Å². The number of nitrogens with one attached hydrogen (secondary N) is 1. The van der Waals surface area contributed by atoms with Crippen LogP contribution in [0.15, 0.2) is 16.7 Å². The van der Waals surface area contributed by atoms with E-state index in [2.05, 4.69) is 26.2 Å². The average molecular weight is 231 g/mol. The molecule has 66 valence electrons. The average Bonchev–Trinajstić information content (AvgIpc) is 2.09. The van der Waals surface area contributed by atoms with Gasteiger partial charge in [0.25, 0.3) is 0 Å². The second-order valence-electron chi connectivity index (χ2n) is 2.34. The lowest BCUT2D eigenvalue weighted by molar-refractivity contribution is 0.410. The fraction of sp³-hybridized carbons (Fsp3) is 0.375. The van der Waals surface area contributed by atoms with Crippen molar-refractivity contribution in [2.24, 2.45) is 0 Å². The van der Waals surface area contributed by atoms with Crippen molar-refractivity contribution < 1.29 is 4.74 Å². The summed E-state index contributed by atoms with van der Waals surface area (Å²) in [6.45, 7) is 0.754. The molecule has 0 unspecified atom stereocenters. The van der Waals surface area contributed by atoms with Crippen molar-refractivity contribution >= 4 is 15.9 Å². The van der Waals surface area contributed by atoms with Crippen LogP contribution in [0, 0.1) is 0 Å². The maximum absolute atomic E-state index is 5.12. The van der Waals surface area contributed by atoms with E-state index in [0.717, 1.165) is 22.5 Å². The van der Waals surface area contributed by atoms with Gasteiger partial charge in [-0.25, -0.2) is 0 Å². The molecule has 0 aliphatic carbocycles. The maximum Gasteiger partial charge on any atom is 0.136 e. The van der Waals surface area contributed by atoms with Gasteiger partial charge < -0.3 is 10.1 Å². The number of rotatable bonds is 3. The second kappa shape index (κ2) is 4.42. The molecule has 0 amide bonds. The highest BCUT2D eigenvalue weighted by Crippen LogP contribution is 2.23. The lowest BCUT2D eigenvalue weighted by atomic mass is 10.3. The van der Waals surface area contributed by atoms with Gasteiger partial charge in [-0.15, -0.1) is 0 Å². The van der Waals surface area contributed by atoms with E-state index in [1.54, 1.807) is 13.3 Å². The van der Waals surface area contributed by atoms with E-state index >= 15 is 0 Å². The molecule has 0 radical (unpaired) electrons. The quantitative estimate of drug-likeness (QED) is 0.857. The largest absolute Gasteiger partial charge is 0.495 e. The lowest BCUT2D eigenvalue weighted by Gasteiger charge is -2.04. The minimum atomic E-state index is 0.754. The number of nitrogens with zero attached hydrogens (tertiary/aromatic N) is 1. The van der Waals surface area contributed by atoms with E-state index in [4.69, 9.17) is 4.74 Å². The summed E-state index contributed by atoms with van der Waals surface area (Å²) in [5.74, 6) is 0.815. The molecular weight excluding hydrogens is 220 g/mol. The standard InChI is InChI=1S/C8H11BrN2O/c1-10-4-6-3-8(12-2)7(9)5-11-6/h3,5,10H,4H2,1-2H3. The topological polar surface area (TPSA) is 34.1 Å². The number of ether oxygens (including phenoxy) is 1. The van der Waals surface area contributed by atoms with Crippen LogP contribution in [0.3, 0.4) is 0 Å². The van der Waals surface area contributed by atoms with Gasteiger partial charge in [0.15, 0.2) is 0 Å². The monoisotopic (exact) mass is 230 g/mol. The van der Waals surface area contributed by atoms with Gasteiger partial charge in [0, 0.05) is 18.8 Å². The Morgan fingerprint density at radius 1 is 1.67 bits per heavy atom. The minimum Gasteiger partial charge on any atom is -0.495 e. The zero-order valence-electron chi connectivity index (χ0n) is 7.10. The molecule has 0 saturated carbocycles. The third-order valence-corrected chi connectivity index (χ3v) is 2.05. The molecule has 1 rings (SSSR count). The van der Waals surface area contributed by atoms with Gasteiger partial charge in [-0.1, -0.05) is 0 Å². The molecule has 1 heterocycles. The number of pyridine rings is 1. The van der Waals surface area contributed by atoms with Crippen LogP contribution in [0.25, 0.3) is 0 Å². The predicted molar refractivity (Wildman–Crippen MR) is 51.3 cm³/mol. The van der Waals surface area contributed by atoms with Crippen molar-refractivity contribution in [3.63, 3.8) is 0 Å². The molecule has 0 spiro atoms. The molecule has 0 fully saturated rings. The fourth-order valence-electron chi connectivity index (χ4n) is 0.895. The number of hydrogen-bond donors (Lipinski definition) is 1. The van der Waals surface area contributed by atoms with Crippen LogP contribution in [-0.4, -0.2) is 19.1 Å². The molecule has 1 aromatic heterocycles. The first-order valence-corrected chi connectivity index (χ1v) is 4.40. The zero-order chi connectivity index (χ0) is 8.97. The van der Waals surface area contributed by atoms with Gasteiger partial charge in [0.1, 0.15) is 5.75 Å². The number of methoxy groups -OCH3 is 1. The van der Waals surface area contributed by atoms with Crippen LogP contribution >= 0.6 is 15.9 Å². The number of halogens is 1. The van der Waals surface area contributed by atoms with E-state index in [1.165, 1.54) is 0 Å². The highest BCUT2D eigenvalue weighted by molar-refractivity contribution is 9.10. The van der Waals surface area contributed by atoms with Gasteiger partial charge in [-0.3, -0.25) is 4.98 Å². The van der Waals surface area contributed by atoms with Crippen LogP contribution in [0.1, 0.15) is 5.69 Å². The zero-order valence-corrected chi connectivity index (χ0v) is 8.68. The molecule has 0 aromatic carbocycles. The van der Waals surface area contributed by atoms with Crippen molar-refractivity contribution in [3.8, 4) is 5.75 Å². The van der Waals surface area contributed by atoms with E-state index in [0.29, 0.717) is 0 Å². The van der Waals surface area contributed by atoms with Crippen LogP contribution < -0.4 is 10.1 Å². The summed E-state index contributed by atoms with van der Waals surface area (Å²) in [7, 11) is 3.53. The third-order valence-electron chi connectivity index (χ3n) is 1.45. The summed E-state index contributed by atoms with van der Waals surface area (Å²) in [6.07, 6.45) is 1.74. The third kappa shape index (κ3) is 2.19. The Morgan fingerprint density at radius 3 is 3.00 bits per heavy atom. The maximum atomic E-state index is 5.12. The summed E-state index contributed by atoms with van der Waals surface area (Å²) < 4.78 is 6.00. The number of hydrogen-bond acceptors (Lipinski definition) is 3. The van der Waals surface area contributed by atoms with Gasteiger partial charge in [0.05, 0.1) is 17.3 Å². The SMILES string of the molecule is CNCc1cc(OC)c(Br)cn1. The summed E-state index contributed by atoms with van der Waals surface area (Å²) in [4.78, 5) is 4.19. The molecule has 0 aliphatic rings. The Kier molecular flexibility index (Phi) is 3.49. The van der Waals surface area contributed by atoms with Crippen molar-refractivity contribution in [3.05, 3.63) is 22.4 Å². The normalized spacial score (nSPS) is 9.92. The van der Waals surface area contributed by atoms with E-state index < -0.39 is 0 Å². The van der Waals surface area contributed by atoms with Gasteiger partial charge in [0.2, 0.25) is 0 Å². The molecule has 4 heteroatoms. The highest BCUT2D eigenvalue weighted by atomic mass is 79.9. The Labute approximate surface area is 80.3 Å². The van der Waals surface area contributed by atoms with Crippen LogP contribution in [0.2, 0.25) is 0 Å². The van der Waals surface area contributed by atoms with E-state index in [-0.39, 0.29) is 0 Å². The van der Waals surface area contributed by atoms with Gasteiger partial charge >= 0.3 is 0 Å². The molecular formula is C8H11BrN2O. The van der Waals surface area contributed by atoms with E-state index in [9.17, 15) is 0 Å². The van der Waals surface area contributed by atoms with Gasteiger partial charge in [-0.2, -0.15) is 0 Å². The molecule has 12 heavy (non-hydrogen) atoms. The van der Waals surface area contributed by atoms with Crippen molar-refractivity contribution in [2.45, 2.75) is 6.54 Å². The van der Waals surface area contributed by atoms with Crippen molar-refractivity contribution in [2.75, 3.05) is 14.2 Å². The number of aromatic nitrogens is 1. The Bertz CT molecular complexity index is 265. The Balaban J connectivity index is 2.89. The van der Waals surface area contributed by atoms with Crippen LogP contribution in [-0.2, 0) is 6.54 Å². The predicted octanol–water partition coefficient (Wildman–Crippen LogP) is 1.57. The van der Waals surface area contributed by atoms with Gasteiger partial charge in [-0.05, 0) is 23.0 Å². The molecule has 0 atom stereocenters. The Morgan fingerprint density at radius 2 is 2.42 bits per heavy atom. The molecule has 1 N–H and O–H groups in total. The molecule has 0 saturated heterocycles. The molecule has 3 nitrogen and oxygen atoms in total. The molecule has 1 aromatic rings. The first-order chi connectivity index (χ1) is 5.77. The Hall–Kier alpha value is -0.610. The molecule has 0 aliphatic heterocycles. The van der Waals surface area contributed by atoms with Crippen LogP contribution in [0.5, 0.6) is 5.75 Å².